The Morgan fingerprint density at radius 2 is 1.58 bits per heavy atom. The number of alkyl halides is 6. The van der Waals surface area contributed by atoms with Crippen molar-refractivity contribution in [1.82, 2.24) is 4.90 Å². The van der Waals surface area contributed by atoms with E-state index < -0.39 is 23.5 Å². The lowest BCUT2D eigenvalue weighted by atomic mass is 9.91. The van der Waals surface area contributed by atoms with Crippen molar-refractivity contribution in [2.75, 3.05) is 24.1 Å². The highest BCUT2D eigenvalue weighted by Crippen LogP contribution is 2.49. The second kappa shape index (κ2) is 9.22. The van der Waals surface area contributed by atoms with Crippen LogP contribution in [0.3, 0.4) is 0 Å². The van der Waals surface area contributed by atoms with Crippen molar-refractivity contribution in [3.8, 4) is 0 Å². The Labute approximate surface area is 186 Å². The van der Waals surface area contributed by atoms with Crippen molar-refractivity contribution in [1.29, 1.82) is 5.41 Å². The number of rotatable bonds is 6. The number of piperidine rings is 1. The van der Waals surface area contributed by atoms with Gasteiger partial charge in [0.05, 0.1) is 0 Å². The Kier molecular flexibility index (Phi) is 6.94. The first-order chi connectivity index (χ1) is 15.3. The van der Waals surface area contributed by atoms with Crippen molar-refractivity contribution in [2.24, 2.45) is 0 Å². The predicted octanol–water partition coefficient (Wildman–Crippen LogP) is 4.66. The molecular weight excluding hydrogens is 450 g/mol. The largest absolute Gasteiger partial charge is 0.430 e. The van der Waals surface area contributed by atoms with Crippen molar-refractivity contribution >= 4 is 17.6 Å². The van der Waals surface area contributed by atoms with Gasteiger partial charge in [-0.15, -0.1) is 0 Å². The van der Waals surface area contributed by atoms with Gasteiger partial charge in [0.25, 0.3) is 5.60 Å². The van der Waals surface area contributed by atoms with Crippen LogP contribution in [0.4, 0.5) is 37.7 Å². The number of hydrogen-bond acceptors (Lipinski definition) is 5. The van der Waals surface area contributed by atoms with Gasteiger partial charge >= 0.3 is 12.4 Å². The van der Waals surface area contributed by atoms with Gasteiger partial charge in [0.2, 0.25) is 0 Å². The average molecular weight is 474 g/mol. The van der Waals surface area contributed by atoms with Gasteiger partial charge in [0.15, 0.2) is 0 Å². The summed E-state index contributed by atoms with van der Waals surface area (Å²) in [6, 6.07) is 9.10. The average Bonchev–Trinajstić information content (AvgIpc) is 2.74. The number of benzene rings is 2. The topological polar surface area (TPSA) is 85.4 Å². The molecule has 0 radical (unpaired) electrons. The molecule has 11 heteroatoms. The van der Waals surface area contributed by atoms with E-state index >= 15 is 0 Å². The molecule has 2 aromatic rings. The number of nitrogens with one attached hydrogen (secondary N) is 2. The summed E-state index contributed by atoms with van der Waals surface area (Å²) in [5.41, 5.74) is 2.14. The summed E-state index contributed by atoms with van der Waals surface area (Å²) in [7, 11) is 0. The van der Waals surface area contributed by atoms with Crippen LogP contribution in [0, 0.1) is 5.41 Å². The van der Waals surface area contributed by atoms with Crippen LogP contribution < -0.4 is 11.1 Å². The van der Waals surface area contributed by atoms with Crippen molar-refractivity contribution in [3.63, 3.8) is 0 Å². The van der Waals surface area contributed by atoms with Gasteiger partial charge in [0, 0.05) is 54.4 Å². The number of halogens is 6. The molecular formula is C22H24F6N4O. The van der Waals surface area contributed by atoms with Crippen LogP contribution in [0.5, 0.6) is 0 Å². The fourth-order valence-corrected chi connectivity index (χ4v) is 3.88. The zero-order chi connectivity index (χ0) is 24.4. The summed E-state index contributed by atoms with van der Waals surface area (Å²) in [6.45, 7) is 1.70. The van der Waals surface area contributed by atoms with Crippen molar-refractivity contribution in [2.45, 2.75) is 43.4 Å². The Balaban J connectivity index is 1.61. The minimum atomic E-state index is -5.90. The van der Waals surface area contributed by atoms with E-state index in [1.54, 1.807) is 12.1 Å². The molecule has 1 heterocycles. The molecule has 2 aromatic carbocycles. The molecule has 1 fully saturated rings. The SMILES string of the molecule is N=Cc1cc(N)ccc1NC1CCN(Cc2ccc(C(O)(C(F)(F)F)C(F)(F)F)cc2)CC1. The molecule has 180 valence electrons. The van der Waals surface area contributed by atoms with E-state index in [0.29, 0.717) is 48.6 Å². The van der Waals surface area contributed by atoms with Gasteiger partial charge in [-0.1, -0.05) is 24.3 Å². The molecule has 0 aromatic heterocycles. The summed E-state index contributed by atoms with van der Waals surface area (Å²) in [4.78, 5) is 2.05. The summed E-state index contributed by atoms with van der Waals surface area (Å²) in [5.74, 6) is 0. The first-order valence-electron chi connectivity index (χ1n) is 10.2. The summed E-state index contributed by atoms with van der Waals surface area (Å²) < 4.78 is 78.1. The molecule has 5 nitrogen and oxygen atoms in total. The number of hydrogen-bond donors (Lipinski definition) is 4. The highest BCUT2D eigenvalue weighted by atomic mass is 19.4. The number of aliphatic hydroxyl groups is 1. The van der Waals surface area contributed by atoms with Crippen LogP contribution >= 0.6 is 0 Å². The summed E-state index contributed by atoms with van der Waals surface area (Å²) >= 11 is 0. The van der Waals surface area contributed by atoms with E-state index in [9.17, 15) is 31.4 Å². The monoisotopic (exact) mass is 474 g/mol. The summed E-state index contributed by atoms with van der Waals surface area (Å²) in [5, 5.41) is 20.4. The van der Waals surface area contributed by atoms with Gasteiger partial charge < -0.3 is 21.6 Å². The summed E-state index contributed by atoms with van der Waals surface area (Å²) in [6.07, 6.45) is -9.05. The lowest BCUT2D eigenvalue weighted by molar-refractivity contribution is -0.376. The van der Waals surface area contributed by atoms with Crippen LogP contribution in [0.1, 0.15) is 29.5 Å². The number of nitrogens with zero attached hydrogens (tertiary/aromatic N) is 1. The highest BCUT2D eigenvalue weighted by molar-refractivity contribution is 5.87. The Morgan fingerprint density at radius 1 is 1.00 bits per heavy atom. The first-order valence-corrected chi connectivity index (χ1v) is 10.2. The van der Waals surface area contributed by atoms with Gasteiger partial charge in [0.1, 0.15) is 0 Å². The number of anilines is 2. The van der Waals surface area contributed by atoms with Crippen LogP contribution in [0.25, 0.3) is 0 Å². The molecule has 5 N–H and O–H groups in total. The molecule has 3 rings (SSSR count). The maximum absolute atomic E-state index is 13.0. The van der Waals surface area contributed by atoms with E-state index in [0.717, 1.165) is 18.5 Å². The molecule has 0 atom stereocenters. The van der Waals surface area contributed by atoms with E-state index in [4.69, 9.17) is 11.1 Å². The number of nitrogens with two attached hydrogens (primary N) is 1. The Bertz CT molecular complexity index is 952. The van der Waals surface area contributed by atoms with E-state index in [1.807, 2.05) is 11.0 Å². The second-order valence-corrected chi connectivity index (χ2v) is 8.09. The normalized spacial score (nSPS) is 16.6. The first kappa shape index (κ1) is 24.8. The minimum absolute atomic E-state index is 0.152. The highest BCUT2D eigenvalue weighted by Gasteiger charge is 2.71. The molecule has 0 spiro atoms. The zero-order valence-electron chi connectivity index (χ0n) is 17.5. The number of nitrogen functional groups attached to an aromatic ring is 1. The molecule has 33 heavy (non-hydrogen) atoms. The lowest BCUT2D eigenvalue weighted by Crippen LogP contribution is -2.53. The molecule has 0 bridgehead atoms. The molecule has 0 amide bonds. The fourth-order valence-electron chi connectivity index (χ4n) is 3.88. The molecule has 1 aliphatic rings. The molecule has 0 unspecified atom stereocenters. The Hall–Kier alpha value is -2.79. The van der Waals surface area contributed by atoms with Gasteiger partial charge in [-0.3, -0.25) is 4.90 Å². The van der Waals surface area contributed by atoms with Crippen molar-refractivity contribution in [3.05, 3.63) is 59.2 Å². The lowest BCUT2D eigenvalue weighted by Gasteiger charge is -2.34. The maximum atomic E-state index is 13.0. The van der Waals surface area contributed by atoms with E-state index in [-0.39, 0.29) is 6.04 Å². The van der Waals surface area contributed by atoms with Gasteiger partial charge in [-0.25, -0.2) is 0 Å². The molecule has 1 saturated heterocycles. The smallest absolute Gasteiger partial charge is 0.399 e. The van der Waals surface area contributed by atoms with Crippen LogP contribution in [0.2, 0.25) is 0 Å². The van der Waals surface area contributed by atoms with Gasteiger partial charge in [-0.05, 0) is 36.6 Å². The number of likely N-dealkylation sites (tertiary alicyclic amines) is 1. The van der Waals surface area contributed by atoms with Crippen LogP contribution in [-0.2, 0) is 12.1 Å². The molecule has 0 saturated carbocycles. The maximum Gasteiger partial charge on any atom is 0.430 e. The third-order valence-corrected chi connectivity index (χ3v) is 5.78. The molecule has 1 aliphatic heterocycles. The van der Waals surface area contributed by atoms with Crippen molar-refractivity contribution < 1.29 is 31.4 Å². The van der Waals surface area contributed by atoms with Crippen LogP contribution in [0.15, 0.2) is 42.5 Å². The quantitative estimate of drug-likeness (QED) is 0.279. The second-order valence-electron chi connectivity index (χ2n) is 8.09. The van der Waals surface area contributed by atoms with Crippen LogP contribution in [-0.4, -0.2) is 47.7 Å². The van der Waals surface area contributed by atoms with E-state index in [1.165, 1.54) is 18.3 Å². The molecule has 0 aliphatic carbocycles. The fraction of sp³-hybridized carbons (Fsp3) is 0.409. The predicted molar refractivity (Wildman–Crippen MR) is 113 cm³/mol. The standard InChI is InChI=1S/C22H24F6N4O/c23-21(24,25)20(33,22(26,27)28)16-3-1-14(2-4-16)13-32-9-7-18(8-10-32)31-19-6-5-17(30)11-15(19)12-29/h1-6,11-12,18,29,31,33H,7-10,13,30H2. The Morgan fingerprint density at radius 3 is 2.09 bits per heavy atom. The third kappa shape index (κ3) is 5.25. The van der Waals surface area contributed by atoms with Gasteiger partial charge in [-0.2, -0.15) is 26.3 Å². The third-order valence-electron chi connectivity index (χ3n) is 5.78. The zero-order valence-corrected chi connectivity index (χ0v) is 17.5. The minimum Gasteiger partial charge on any atom is -0.399 e. The van der Waals surface area contributed by atoms with E-state index in [2.05, 4.69) is 5.32 Å².